The number of anilines is 1. The van der Waals surface area contributed by atoms with Crippen molar-refractivity contribution in [3.63, 3.8) is 0 Å². The highest BCUT2D eigenvalue weighted by Gasteiger charge is 2.29. The van der Waals surface area contributed by atoms with Crippen LogP contribution in [0.1, 0.15) is 18.6 Å². The number of amides is 2. The van der Waals surface area contributed by atoms with E-state index in [-0.39, 0.29) is 29.7 Å². The molecule has 1 aliphatic heterocycles. The molecular formula is C20H22F2N2O4. The predicted molar refractivity (Wildman–Crippen MR) is 99.9 cm³/mol. The van der Waals surface area contributed by atoms with E-state index in [9.17, 15) is 13.6 Å². The van der Waals surface area contributed by atoms with E-state index in [4.69, 9.17) is 9.47 Å². The van der Waals surface area contributed by atoms with Crippen LogP contribution >= 0.6 is 0 Å². The first-order valence-corrected chi connectivity index (χ1v) is 8.85. The lowest BCUT2D eigenvalue weighted by atomic mass is 10.1. The van der Waals surface area contributed by atoms with E-state index in [0.29, 0.717) is 18.8 Å². The molecule has 1 aliphatic rings. The topological polar surface area (TPSA) is 60.0 Å². The van der Waals surface area contributed by atoms with E-state index in [1.165, 1.54) is 19.2 Å². The smallest absolute Gasteiger partial charge is 0.387 e. The van der Waals surface area contributed by atoms with Crippen LogP contribution in [0, 0.1) is 0 Å². The van der Waals surface area contributed by atoms with Crippen LogP contribution < -0.4 is 14.8 Å². The molecule has 1 saturated heterocycles. The van der Waals surface area contributed by atoms with E-state index < -0.39 is 6.61 Å². The van der Waals surface area contributed by atoms with Crippen LogP contribution in [0.4, 0.5) is 19.3 Å². The van der Waals surface area contributed by atoms with Gasteiger partial charge in [-0.25, -0.2) is 4.79 Å². The molecule has 0 aliphatic carbocycles. The Hall–Kier alpha value is -2.87. The van der Waals surface area contributed by atoms with Crippen LogP contribution in [0.5, 0.6) is 11.5 Å². The summed E-state index contributed by atoms with van der Waals surface area (Å²) in [5.41, 5.74) is 1.32. The molecule has 0 aromatic heterocycles. The normalized spacial score (nSPS) is 19.4. The summed E-state index contributed by atoms with van der Waals surface area (Å²) < 4.78 is 40.6. The molecular weight excluding hydrogens is 370 g/mol. The minimum atomic E-state index is -2.99. The van der Waals surface area contributed by atoms with E-state index in [1.54, 1.807) is 11.0 Å². The van der Waals surface area contributed by atoms with Gasteiger partial charge in [0.1, 0.15) is 6.10 Å². The van der Waals surface area contributed by atoms with Crippen molar-refractivity contribution >= 4 is 11.7 Å². The molecule has 2 unspecified atom stereocenters. The Bertz CT molecular complexity index is 804. The molecule has 150 valence electrons. The van der Waals surface area contributed by atoms with Crippen molar-refractivity contribution in [3.05, 3.63) is 54.1 Å². The quantitative estimate of drug-likeness (QED) is 0.825. The Labute approximate surface area is 162 Å². The Morgan fingerprint density at radius 1 is 1.18 bits per heavy atom. The average molecular weight is 392 g/mol. The Morgan fingerprint density at radius 3 is 2.61 bits per heavy atom. The first-order chi connectivity index (χ1) is 13.5. The molecule has 2 amide bonds. The first-order valence-electron chi connectivity index (χ1n) is 8.85. The van der Waals surface area contributed by atoms with E-state index in [0.717, 1.165) is 5.56 Å². The van der Waals surface area contributed by atoms with Gasteiger partial charge in [0, 0.05) is 18.3 Å². The number of hydrogen-bond acceptors (Lipinski definition) is 4. The second-order valence-electron chi connectivity index (χ2n) is 6.43. The maximum Gasteiger partial charge on any atom is 0.387 e. The fourth-order valence-electron chi connectivity index (χ4n) is 3.11. The van der Waals surface area contributed by atoms with Crippen molar-refractivity contribution in [2.75, 3.05) is 25.5 Å². The number of carbonyl (C=O) groups excluding carboxylic acids is 1. The summed E-state index contributed by atoms with van der Waals surface area (Å²) in [6.45, 7) is -0.286. The molecule has 2 atom stereocenters. The summed E-state index contributed by atoms with van der Waals surface area (Å²) in [6, 6.07) is 13.7. The Kier molecular flexibility index (Phi) is 6.30. The van der Waals surface area contributed by atoms with Crippen LogP contribution in [0.2, 0.25) is 0 Å². The van der Waals surface area contributed by atoms with E-state index in [2.05, 4.69) is 10.1 Å². The van der Waals surface area contributed by atoms with Crippen molar-refractivity contribution in [2.24, 2.45) is 0 Å². The summed E-state index contributed by atoms with van der Waals surface area (Å²) >= 11 is 0. The van der Waals surface area contributed by atoms with Gasteiger partial charge in [-0.3, -0.25) is 0 Å². The van der Waals surface area contributed by atoms with Gasteiger partial charge in [-0.05, 0) is 24.6 Å². The van der Waals surface area contributed by atoms with Gasteiger partial charge < -0.3 is 24.4 Å². The summed E-state index contributed by atoms with van der Waals surface area (Å²) in [4.78, 5) is 14.4. The molecule has 0 bridgehead atoms. The van der Waals surface area contributed by atoms with Crippen molar-refractivity contribution in [2.45, 2.75) is 25.7 Å². The second kappa shape index (κ2) is 8.88. The lowest BCUT2D eigenvalue weighted by Crippen LogP contribution is -2.47. The number of nitrogens with one attached hydrogen (secondary N) is 1. The molecule has 2 aromatic rings. The molecule has 8 heteroatoms. The Morgan fingerprint density at radius 2 is 1.93 bits per heavy atom. The molecule has 2 aromatic carbocycles. The van der Waals surface area contributed by atoms with Gasteiger partial charge in [-0.2, -0.15) is 8.78 Å². The van der Waals surface area contributed by atoms with E-state index >= 15 is 0 Å². The van der Waals surface area contributed by atoms with Gasteiger partial charge in [-0.15, -0.1) is 0 Å². The monoisotopic (exact) mass is 392 g/mol. The average Bonchev–Trinajstić information content (AvgIpc) is 2.68. The number of halogens is 2. The zero-order chi connectivity index (χ0) is 20.1. The highest BCUT2D eigenvalue weighted by Crippen LogP contribution is 2.32. The minimum absolute atomic E-state index is 0.140. The van der Waals surface area contributed by atoms with Crippen LogP contribution in [0.15, 0.2) is 48.5 Å². The first kappa shape index (κ1) is 19.9. The number of methoxy groups -OCH3 is 1. The fourth-order valence-corrected chi connectivity index (χ4v) is 3.11. The summed E-state index contributed by atoms with van der Waals surface area (Å²) in [5, 5.41) is 2.72. The number of urea groups is 1. The van der Waals surface area contributed by atoms with Gasteiger partial charge in [0.15, 0.2) is 11.5 Å². The third-order valence-electron chi connectivity index (χ3n) is 4.35. The van der Waals surface area contributed by atoms with Crippen LogP contribution in [0.25, 0.3) is 0 Å². The van der Waals surface area contributed by atoms with Crippen LogP contribution in [0.3, 0.4) is 0 Å². The zero-order valence-corrected chi connectivity index (χ0v) is 15.6. The number of nitrogens with zero attached hydrogens (tertiary/aromatic N) is 1. The highest BCUT2D eigenvalue weighted by molar-refractivity contribution is 5.89. The lowest BCUT2D eigenvalue weighted by molar-refractivity contribution is -0.0642. The molecule has 28 heavy (non-hydrogen) atoms. The van der Waals surface area contributed by atoms with E-state index in [1.807, 2.05) is 37.3 Å². The third-order valence-corrected chi connectivity index (χ3v) is 4.35. The van der Waals surface area contributed by atoms with Crippen LogP contribution in [-0.4, -0.2) is 43.8 Å². The standard InChI is InChI=1S/C20H22F2N2O4/c1-13-11-24(12-18(27-13)14-6-4-3-5-7-14)20(25)23-15-8-9-16(26-2)17(10-15)28-19(21)22/h3-10,13,18-19H,11-12H2,1-2H3,(H,23,25). The molecule has 1 fully saturated rings. The maximum atomic E-state index is 12.7. The molecule has 1 heterocycles. The number of hydrogen-bond donors (Lipinski definition) is 1. The molecule has 6 nitrogen and oxygen atoms in total. The highest BCUT2D eigenvalue weighted by atomic mass is 19.3. The van der Waals surface area contributed by atoms with Gasteiger partial charge in [0.05, 0.1) is 19.8 Å². The van der Waals surface area contributed by atoms with Gasteiger partial charge in [-0.1, -0.05) is 30.3 Å². The number of rotatable bonds is 5. The molecule has 0 saturated carbocycles. The number of benzene rings is 2. The van der Waals surface area contributed by atoms with Crippen molar-refractivity contribution < 1.29 is 27.8 Å². The van der Waals surface area contributed by atoms with Gasteiger partial charge in [0.25, 0.3) is 0 Å². The predicted octanol–water partition coefficient (Wildman–Crippen LogP) is 4.29. The molecule has 0 spiro atoms. The third kappa shape index (κ3) is 4.89. The largest absolute Gasteiger partial charge is 0.493 e. The second-order valence-corrected chi connectivity index (χ2v) is 6.43. The number of morpholine rings is 1. The number of carbonyl (C=O) groups is 1. The van der Waals surface area contributed by atoms with Crippen LogP contribution in [-0.2, 0) is 4.74 Å². The summed E-state index contributed by atoms with van der Waals surface area (Å²) in [6.07, 6.45) is -0.373. The fraction of sp³-hybridized carbons (Fsp3) is 0.350. The number of alkyl halides is 2. The SMILES string of the molecule is COc1ccc(NC(=O)N2CC(C)OC(c3ccccc3)C2)cc1OC(F)F. The summed E-state index contributed by atoms with van der Waals surface area (Å²) in [5.74, 6) is 0.00948. The van der Waals surface area contributed by atoms with Crippen molar-refractivity contribution in [1.82, 2.24) is 4.90 Å². The molecule has 3 rings (SSSR count). The van der Waals surface area contributed by atoms with Crippen molar-refractivity contribution in [1.29, 1.82) is 0 Å². The summed E-state index contributed by atoms with van der Waals surface area (Å²) in [7, 11) is 1.35. The van der Waals surface area contributed by atoms with Gasteiger partial charge in [0.2, 0.25) is 0 Å². The number of ether oxygens (including phenoxy) is 3. The minimum Gasteiger partial charge on any atom is -0.493 e. The van der Waals surface area contributed by atoms with Gasteiger partial charge >= 0.3 is 12.6 Å². The molecule has 0 radical (unpaired) electrons. The molecule has 1 N–H and O–H groups in total. The lowest BCUT2D eigenvalue weighted by Gasteiger charge is -2.37. The zero-order valence-electron chi connectivity index (χ0n) is 15.6. The maximum absolute atomic E-state index is 12.7. The van der Waals surface area contributed by atoms with Crippen molar-refractivity contribution in [3.8, 4) is 11.5 Å². The Balaban J connectivity index is 1.71.